The molecule has 5 aromatic rings. The standard InChI is InChI=1S/C29H30FN9O3/c1-29(41,37-28(40)38-8-10-42-11-9-38)22-16-32-39-26(22)35-25(17-12-18(30)15-31-14-17)36-27(39)33-19-6-7-24-21(13-19)20-4-2-3-5-23(20)34-24/h2-5,12,14-16,19,34,41H,6-11,13H2,1H3,(H,37,40)(H,33,35,36)/t19-,29+/m1/s1. The zero-order valence-electron chi connectivity index (χ0n) is 23.0. The van der Waals surface area contributed by atoms with Gasteiger partial charge in [-0.3, -0.25) is 4.98 Å². The van der Waals surface area contributed by atoms with Crippen molar-refractivity contribution in [2.24, 2.45) is 0 Å². The Balaban J connectivity index is 1.25. The quantitative estimate of drug-likeness (QED) is 0.236. The minimum atomic E-state index is -1.82. The van der Waals surface area contributed by atoms with E-state index in [1.54, 1.807) is 4.90 Å². The number of carbonyl (C=O) groups excluding carboxylic acids is 1. The van der Waals surface area contributed by atoms with Gasteiger partial charge in [-0.05, 0) is 43.9 Å². The van der Waals surface area contributed by atoms with Gasteiger partial charge in [-0.1, -0.05) is 18.2 Å². The minimum absolute atomic E-state index is 0.0301. The van der Waals surface area contributed by atoms with Crippen LogP contribution in [0.2, 0.25) is 0 Å². The topological polar surface area (TPSA) is 146 Å². The fourth-order valence-electron chi connectivity index (χ4n) is 5.77. The second-order valence-electron chi connectivity index (χ2n) is 10.9. The van der Waals surface area contributed by atoms with Crippen LogP contribution < -0.4 is 10.6 Å². The van der Waals surface area contributed by atoms with Gasteiger partial charge < -0.3 is 30.4 Å². The lowest BCUT2D eigenvalue weighted by Crippen LogP contribution is -2.52. The van der Waals surface area contributed by atoms with Crippen LogP contribution in [0.1, 0.15) is 30.2 Å². The third-order valence-electron chi connectivity index (χ3n) is 7.93. The van der Waals surface area contributed by atoms with Crippen molar-refractivity contribution in [2.45, 2.75) is 38.0 Å². The number of nitrogens with one attached hydrogen (secondary N) is 3. The largest absolute Gasteiger partial charge is 0.378 e. The van der Waals surface area contributed by atoms with Crippen LogP contribution in [-0.2, 0) is 23.3 Å². The highest BCUT2D eigenvalue weighted by atomic mass is 19.1. The van der Waals surface area contributed by atoms with Crippen LogP contribution in [-0.4, -0.2) is 77.9 Å². The van der Waals surface area contributed by atoms with Gasteiger partial charge in [0.2, 0.25) is 5.95 Å². The Morgan fingerprint density at radius 2 is 2.02 bits per heavy atom. The molecule has 1 fully saturated rings. The van der Waals surface area contributed by atoms with E-state index in [1.165, 1.54) is 46.5 Å². The van der Waals surface area contributed by atoms with E-state index in [9.17, 15) is 14.3 Å². The zero-order valence-corrected chi connectivity index (χ0v) is 23.0. The molecule has 13 heteroatoms. The summed E-state index contributed by atoms with van der Waals surface area (Å²) in [6.45, 7) is 3.18. The molecule has 0 bridgehead atoms. The average Bonchev–Trinajstić information content (AvgIpc) is 3.60. The number of hydrogen-bond acceptors (Lipinski definition) is 8. The van der Waals surface area contributed by atoms with Crippen LogP contribution >= 0.6 is 0 Å². The maximum Gasteiger partial charge on any atom is 0.320 e. The van der Waals surface area contributed by atoms with Gasteiger partial charge in [0, 0.05) is 47.5 Å². The fraction of sp³-hybridized carbons (Fsp3) is 0.345. The number of ether oxygens (including phenoxy) is 1. The van der Waals surface area contributed by atoms with Crippen molar-refractivity contribution < 1.29 is 19.0 Å². The number of halogens is 1. The lowest BCUT2D eigenvalue weighted by Gasteiger charge is -2.31. The highest BCUT2D eigenvalue weighted by Crippen LogP contribution is 2.31. The SMILES string of the molecule is C[C@@](O)(NC(=O)N1CCOCC1)c1cnn2c(N[C@@H]3CCc4[nH]c5ccccc5c4C3)nc(-c3cncc(F)c3)nc12. The minimum Gasteiger partial charge on any atom is -0.378 e. The maximum absolute atomic E-state index is 14.2. The van der Waals surface area contributed by atoms with Gasteiger partial charge in [-0.25, -0.2) is 14.2 Å². The molecule has 42 heavy (non-hydrogen) atoms. The monoisotopic (exact) mass is 571 g/mol. The molecule has 0 spiro atoms. The van der Waals surface area contributed by atoms with Gasteiger partial charge >= 0.3 is 6.03 Å². The summed E-state index contributed by atoms with van der Waals surface area (Å²) in [6.07, 6.45) is 6.53. The van der Waals surface area contributed by atoms with E-state index >= 15 is 0 Å². The number of carbonyl (C=O) groups is 1. The molecule has 0 saturated carbocycles. The summed E-state index contributed by atoms with van der Waals surface area (Å²) in [5.74, 6) is 0.0647. The first-order valence-corrected chi connectivity index (χ1v) is 13.9. The number of fused-ring (bicyclic) bond motifs is 4. The fourth-order valence-corrected chi connectivity index (χ4v) is 5.77. The predicted molar refractivity (Wildman–Crippen MR) is 152 cm³/mol. The molecule has 4 N–H and O–H groups in total. The van der Waals surface area contributed by atoms with E-state index in [2.05, 4.69) is 42.8 Å². The van der Waals surface area contributed by atoms with Gasteiger partial charge in [0.05, 0.1) is 31.2 Å². The number of benzene rings is 1. The number of amides is 2. The number of morpholine rings is 1. The lowest BCUT2D eigenvalue weighted by molar-refractivity contribution is 0.0135. The van der Waals surface area contributed by atoms with Gasteiger partial charge in [0.1, 0.15) is 5.82 Å². The Morgan fingerprint density at radius 1 is 1.19 bits per heavy atom. The number of aromatic amines is 1. The van der Waals surface area contributed by atoms with Gasteiger partial charge in [-0.15, -0.1) is 0 Å². The number of urea groups is 1. The smallest absolute Gasteiger partial charge is 0.320 e. The molecule has 2 amide bonds. The summed E-state index contributed by atoms with van der Waals surface area (Å²) in [6, 6.07) is 9.17. The van der Waals surface area contributed by atoms with Gasteiger partial charge in [0.15, 0.2) is 17.2 Å². The number of aromatic nitrogens is 6. The summed E-state index contributed by atoms with van der Waals surface area (Å²) < 4.78 is 21.0. The van der Waals surface area contributed by atoms with E-state index in [4.69, 9.17) is 9.72 Å². The van der Waals surface area contributed by atoms with E-state index in [0.29, 0.717) is 37.8 Å². The number of anilines is 1. The molecular weight excluding hydrogens is 541 g/mol. The molecule has 0 unspecified atom stereocenters. The maximum atomic E-state index is 14.2. The number of nitrogens with zero attached hydrogens (tertiary/aromatic N) is 6. The molecule has 5 heterocycles. The number of pyridine rings is 1. The molecule has 4 aromatic heterocycles. The van der Waals surface area contributed by atoms with Crippen LogP contribution in [0.4, 0.5) is 15.1 Å². The van der Waals surface area contributed by atoms with E-state index in [-0.39, 0.29) is 23.1 Å². The third kappa shape index (κ3) is 4.80. The summed E-state index contributed by atoms with van der Waals surface area (Å²) in [4.78, 5) is 31.4. The number of hydrogen-bond donors (Lipinski definition) is 4. The third-order valence-corrected chi connectivity index (χ3v) is 7.93. The summed E-state index contributed by atoms with van der Waals surface area (Å²) >= 11 is 0. The highest BCUT2D eigenvalue weighted by molar-refractivity contribution is 5.85. The highest BCUT2D eigenvalue weighted by Gasteiger charge is 2.33. The number of H-pyrrole nitrogens is 1. The number of para-hydroxylation sites is 1. The van der Waals surface area contributed by atoms with Crippen molar-refractivity contribution in [1.29, 1.82) is 0 Å². The normalized spacial score (nSPS) is 18.5. The van der Waals surface area contributed by atoms with Crippen LogP contribution in [0.5, 0.6) is 0 Å². The van der Waals surface area contributed by atoms with Crippen molar-refractivity contribution in [3.63, 3.8) is 0 Å². The molecule has 1 aromatic carbocycles. The van der Waals surface area contributed by atoms with Crippen LogP contribution in [0, 0.1) is 5.82 Å². The van der Waals surface area contributed by atoms with Crippen LogP contribution in [0.15, 0.2) is 48.9 Å². The Morgan fingerprint density at radius 3 is 2.86 bits per heavy atom. The summed E-state index contributed by atoms with van der Waals surface area (Å²) in [5.41, 5.74) is 2.71. The first kappa shape index (κ1) is 26.3. The molecule has 1 saturated heterocycles. The summed E-state index contributed by atoms with van der Waals surface area (Å²) in [5, 5.41) is 23.4. The van der Waals surface area contributed by atoms with Crippen molar-refractivity contribution in [1.82, 2.24) is 39.8 Å². The first-order chi connectivity index (χ1) is 20.4. The number of aryl methyl sites for hydroxylation is 1. The average molecular weight is 572 g/mol. The van der Waals surface area contributed by atoms with Crippen molar-refractivity contribution >= 4 is 28.5 Å². The van der Waals surface area contributed by atoms with E-state index < -0.39 is 17.6 Å². The molecule has 7 rings (SSSR count). The van der Waals surface area contributed by atoms with Crippen LogP contribution in [0.25, 0.3) is 27.9 Å². The molecule has 216 valence electrons. The second kappa shape index (κ2) is 10.3. The molecule has 1 aliphatic carbocycles. The first-order valence-electron chi connectivity index (χ1n) is 13.9. The molecule has 1 aliphatic heterocycles. The Bertz CT molecular complexity index is 1790. The summed E-state index contributed by atoms with van der Waals surface area (Å²) in [7, 11) is 0. The molecular formula is C29H30FN9O3. The molecule has 0 radical (unpaired) electrons. The second-order valence-corrected chi connectivity index (χ2v) is 10.9. The molecule has 12 nitrogen and oxygen atoms in total. The van der Waals surface area contributed by atoms with Crippen molar-refractivity contribution in [3.8, 4) is 11.4 Å². The van der Waals surface area contributed by atoms with E-state index in [1.807, 2.05) is 12.1 Å². The van der Waals surface area contributed by atoms with Gasteiger partial charge in [-0.2, -0.15) is 14.6 Å². The molecule has 2 atom stereocenters. The van der Waals surface area contributed by atoms with Gasteiger partial charge in [0.25, 0.3) is 0 Å². The number of aliphatic hydroxyl groups is 1. The Hall–Kier alpha value is -4.62. The van der Waals surface area contributed by atoms with E-state index in [0.717, 1.165) is 31.0 Å². The Labute approximate surface area is 239 Å². The lowest BCUT2D eigenvalue weighted by atomic mass is 9.91. The Kier molecular flexibility index (Phi) is 6.47. The van der Waals surface area contributed by atoms with Crippen molar-refractivity contribution in [2.75, 3.05) is 31.6 Å². The predicted octanol–water partition coefficient (Wildman–Crippen LogP) is 2.98. The van der Waals surface area contributed by atoms with Crippen molar-refractivity contribution in [3.05, 3.63) is 71.6 Å². The zero-order chi connectivity index (χ0) is 28.8. The molecule has 2 aliphatic rings. The number of rotatable bonds is 5. The van der Waals surface area contributed by atoms with Crippen LogP contribution in [0.3, 0.4) is 0 Å².